The number of fused-ring (bicyclic) bond motifs is 2. The van der Waals surface area contributed by atoms with E-state index < -0.39 is 0 Å². The van der Waals surface area contributed by atoms with Crippen LogP contribution in [-0.2, 0) is 12.8 Å². The molecule has 5 nitrogen and oxygen atoms in total. The molecule has 6 aromatic rings. The third kappa shape index (κ3) is 4.06. The van der Waals surface area contributed by atoms with Crippen LogP contribution >= 0.6 is 0 Å². The zero-order valence-corrected chi connectivity index (χ0v) is 19.9. The Morgan fingerprint density at radius 3 is 2.72 bits per heavy atom. The lowest BCUT2D eigenvalue weighted by molar-refractivity contribution is 0.619. The van der Waals surface area contributed by atoms with E-state index in [1.165, 1.54) is 17.0 Å². The smallest absolute Gasteiger partial charge is 0.126 e. The topological polar surface area (TPSA) is 72.0 Å². The van der Waals surface area contributed by atoms with Gasteiger partial charge in [0.1, 0.15) is 5.82 Å². The average molecular weight is 476 g/mol. The number of imidazole rings is 1. The van der Waals surface area contributed by atoms with Gasteiger partial charge in [0.05, 0.1) is 23.2 Å². The first-order valence-corrected chi connectivity index (χ1v) is 12.0. The van der Waals surface area contributed by atoms with Gasteiger partial charge in [-0.15, -0.1) is 0 Å². The Balaban J connectivity index is 1.28. The molecule has 0 bridgehead atoms. The Kier molecular flexibility index (Phi) is 5.58. The van der Waals surface area contributed by atoms with Crippen molar-refractivity contribution in [1.82, 2.24) is 19.4 Å². The van der Waals surface area contributed by atoms with Crippen molar-refractivity contribution in [2.75, 3.05) is 0 Å². The van der Waals surface area contributed by atoms with E-state index in [1.807, 2.05) is 35.0 Å². The van der Waals surface area contributed by atoms with Crippen LogP contribution in [0.5, 0.6) is 0 Å². The minimum absolute atomic E-state index is 0.0470. The second-order valence-corrected chi connectivity index (χ2v) is 9.29. The number of aromatic nitrogens is 4. The highest BCUT2D eigenvalue weighted by atomic mass is 19.1. The molecular weight excluding hydrogens is 449 g/mol. The van der Waals surface area contributed by atoms with Crippen LogP contribution in [0, 0.1) is 12.7 Å². The number of benzene rings is 2. The number of hydrogen-bond donors (Lipinski definition) is 2. The van der Waals surface area contributed by atoms with Crippen LogP contribution in [0.4, 0.5) is 4.39 Å². The van der Waals surface area contributed by atoms with Crippen molar-refractivity contribution < 1.29 is 4.39 Å². The van der Waals surface area contributed by atoms with Gasteiger partial charge >= 0.3 is 0 Å². The number of aryl methyl sites for hydroxylation is 1. The van der Waals surface area contributed by atoms with Crippen molar-refractivity contribution in [2.45, 2.75) is 25.8 Å². The van der Waals surface area contributed by atoms with Gasteiger partial charge < -0.3 is 15.1 Å². The molecule has 4 heterocycles. The van der Waals surface area contributed by atoms with Crippen LogP contribution in [0.15, 0.2) is 91.6 Å². The number of nitrogens with zero attached hydrogens (tertiary/aromatic N) is 3. The number of rotatable bonds is 6. The molecule has 0 aliphatic carbocycles. The first kappa shape index (κ1) is 22.2. The first-order chi connectivity index (χ1) is 17.6. The van der Waals surface area contributed by atoms with Gasteiger partial charge in [-0.1, -0.05) is 30.3 Å². The van der Waals surface area contributed by atoms with Crippen LogP contribution in [0.2, 0.25) is 0 Å². The summed E-state index contributed by atoms with van der Waals surface area (Å²) < 4.78 is 15.9. The Bertz CT molecular complexity index is 1700. The molecule has 0 fully saturated rings. The van der Waals surface area contributed by atoms with Gasteiger partial charge in [0.25, 0.3) is 0 Å². The summed E-state index contributed by atoms with van der Waals surface area (Å²) in [6.07, 6.45) is 9.18. The van der Waals surface area contributed by atoms with E-state index in [0.717, 1.165) is 45.5 Å². The third-order valence-electron chi connectivity index (χ3n) is 6.77. The molecule has 178 valence electrons. The number of aromatic amines is 1. The van der Waals surface area contributed by atoms with Crippen LogP contribution in [0.3, 0.4) is 0 Å². The van der Waals surface area contributed by atoms with Crippen molar-refractivity contribution >= 4 is 16.4 Å². The fourth-order valence-electron chi connectivity index (χ4n) is 4.94. The highest BCUT2D eigenvalue weighted by Crippen LogP contribution is 2.31. The predicted octanol–water partition coefficient (Wildman–Crippen LogP) is 6.10. The zero-order valence-electron chi connectivity index (χ0n) is 19.9. The normalized spacial score (nSPS) is 12.4. The number of nitrogens with one attached hydrogen (secondary N) is 1. The van der Waals surface area contributed by atoms with E-state index in [4.69, 9.17) is 5.73 Å². The number of pyridine rings is 2. The average Bonchev–Trinajstić information content (AvgIpc) is 3.49. The van der Waals surface area contributed by atoms with Gasteiger partial charge in [-0.2, -0.15) is 0 Å². The van der Waals surface area contributed by atoms with Gasteiger partial charge in [0.15, 0.2) is 0 Å². The molecule has 6 rings (SSSR count). The Morgan fingerprint density at radius 1 is 0.972 bits per heavy atom. The largest absolute Gasteiger partial charge is 0.361 e. The van der Waals surface area contributed by atoms with Gasteiger partial charge in [0.2, 0.25) is 0 Å². The van der Waals surface area contributed by atoms with E-state index in [9.17, 15) is 4.39 Å². The molecule has 0 aliphatic heterocycles. The molecule has 0 spiro atoms. The number of para-hydroxylation sites is 1. The van der Waals surface area contributed by atoms with Crippen LogP contribution in [0.25, 0.3) is 38.8 Å². The monoisotopic (exact) mass is 475 g/mol. The van der Waals surface area contributed by atoms with Gasteiger partial charge in [0, 0.05) is 58.6 Å². The molecular formula is C30H26FN5. The zero-order chi connectivity index (χ0) is 24.6. The maximum atomic E-state index is 13.8. The molecule has 1 atom stereocenters. The second kappa shape index (κ2) is 9.06. The molecule has 36 heavy (non-hydrogen) atoms. The Morgan fingerprint density at radius 2 is 1.83 bits per heavy atom. The molecule has 2 aromatic carbocycles. The minimum Gasteiger partial charge on any atom is -0.361 e. The molecule has 0 unspecified atom stereocenters. The highest BCUT2D eigenvalue weighted by Gasteiger charge is 2.15. The van der Waals surface area contributed by atoms with Gasteiger partial charge in [-0.05, 0) is 60.9 Å². The van der Waals surface area contributed by atoms with Crippen LogP contribution < -0.4 is 5.73 Å². The molecule has 0 saturated carbocycles. The van der Waals surface area contributed by atoms with Crippen molar-refractivity contribution in [2.24, 2.45) is 5.73 Å². The molecule has 0 aliphatic rings. The molecule has 0 saturated heterocycles. The summed E-state index contributed by atoms with van der Waals surface area (Å²) in [5, 5.41) is 1.22. The van der Waals surface area contributed by atoms with E-state index in [1.54, 1.807) is 19.2 Å². The minimum atomic E-state index is -0.216. The van der Waals surface area contributed by atoms with Crippen molar-refractivity contribution in [3.05, 3.63) is 114 Å². The van der Waals surface area contributed by atoms with E-state index in [-0.39, 0.29) is 11.9 Å². The van der Waals surface area contributed by atoms with E-state index in [0.29, 0.717) is 12.0 Å². The SMILES string of the molecule is Cc1cc(-c2ncccc2-c2ccc3c(C[C@H](N)Cc4c[nH]c5ccccc45)ncn3c2)ccc1F. The first-order valence-electron chi connectivity index (χ1n) is 12.0. The summed E-state index contributed by atoms with van der Waals surface area (Å²) in [4.78, 5) is 12.6. The summed E-state index contributed by atoms with van der Waals surface area (Å²) in [6, 6.07) is 21.5. The number of hydrogen-bond acceptors (Lipinski definition) is 3. The second-order valence-electron chi connectivity index (χ2n) is 9.29. The third-order valence-corrected chi connectivity index (χ3v) is 6.77. The summed E-state index contributed by atoms with van der Waals surface area (Å²) >= 11 is 0. The van der Waals surface area contributed by atoms with E-state index >= 15 is 0 Å². The number of nitrogens with two attached hydrogens (primary N) is 1. The summed E-state index contributed by atoms with van der Waals surface area (Å²) in [5.41, 5.74) is 15.2. The summed E-state index contributed by atoms with van der Waals surface area (Å²) in [6.45, 7) is 1.77. The van der Waals surface area contributed by atoms with Crippen molar-refractivity contribution in [1.29, 1.82) is 0 Å². The lowest BCUT2D eigenvalue weighted by Crippen LogP contribution is -2.25. The standard InChI is InChI=1S/C30H26FN5/c1-19-13-20(8-10-26(19)31)30-25(6-4-12-33-30)21-9-11-29-28(35-18-36(29)17-21)15-23(32)14-22-16-34-27-7-3-2-5-24(22)27/h2-13,16-18,23,34H,14-15,32H2,1H3/t23-/m1/s1. The molecule has 3 N–H and O–H groups in total. The van der Waals surface area contributed by atoms with Crippen molar-refractivity contribution in [3.8, 4) is 22.4 Å². The summed E-state index contributed by atoms with van der Waals surface area (Å²) in [7, 11) is 0. The predicted molar refractivity (Wildman–Crippen MR) is 142 cm³/mol. The molecule has 0 radical (unpaired) electrons. The Hall–Kier alpha value is -4.29. The maximum absolute atomic E-state index is 13.8. The quantitative estimate of drug-likeness (QED) is 0.306. The van der Waals surface area contributed by atoms with Gasteiger partial charge in [-0.25, -0.2) is 9.37 Å². The molecule has 0 amide bonds. The fraction of sp³-hybridized carbons (Fsp3) is 0.133. The molecule has 6 heteroatoms. The summed E-state index contributed by atoms with van der Waals surface area (Å²) in [5.74, 6) is -0.216. The number of H-pyrrole nitrogens is 1. The highest BCUT2D eigenvalue weighted by molar-refractivity contribution is 5.83. The maximum Gasteiger partial charge on any atom is 0.126 e. The lowest BCUT2D eigenvalue weighted by Gasteiger charge is -2.12. The van der Waals surface area contributed by atoms with Crippen molar-refractivity contribution in [3.63, 3.8) is 0 Å². The Labute approximate surface area is 208 Å². The lowest BCUT2D eigenvalue weighted by atomic mass is 9.99. The van der Waals surface area contributed by atoms with Gasteiger partial charge in [-0.3, -0.25) is 4.98 Å². The number of halogens is 1. The van der Waals surface area contributed by atoms with Crippen LogP contribution in [0.1, 0.15) is 16.8 Å². The van der Waals surface area contributed by atoms with E-state index in [2.05, 4.69) is 57.7 Å². The van der Waals surface area contributed by atoms with Crippen LogP contribution in [-0.4, -0.2) is 25.4 Å². The molecule has 4 aromatic heterocycles. The fourth-order valence-corrected chi connectivity index (χ4v) is 4.94.